The first kappa shape index (κ1) is 12.8. The molecule has 2 aromatic carbocycles. The fourth-order valence-electron chi connectivity index (χ4n) is 2.20. The molecule has 0 heterocycles. The number of hydrogen-bond acceptors (Lipinski definition) is 2. The van der Waals surface area contributed by atoms with Gasteiger partial charge < -0.3 is 10.8 Å². The van der Waals surface area contributed by atoms with Crippen LogP contribution in [0.2, 0.25) is 0 Å². The Bertz CT molecular complexity index is 510. The second-order valence-electron chi connectivity index (χ2n) is 4.77. The smallest absolute Gasteiger partial charge is 0.106 e. The lowest BCUT2D eigenvalue weighted by Gasteiger charge is -2.27. The molecule has 0 fully saturated rings. The molecule has 0 aromatic heterocycles. The van der Waals surface area contributed by atoms with Gasteiger partial charge in [0.25, 0.3) is 0 Å². The molecule has 18 heavy (non-hydrogen) atoms. The fraction of sp³-hybridized carbons (Fsp3) is 0.250. The maximum absolute atomic E-state index is 10.7. The van der Waals surface area contributed by atoms with E-state index in [4.69, 9.17) is 5.73 Å². The number of rotatable bonds is 4. The highest BCUT2D eigenvalue weighted by molar-refractivity contribution is 5.29. The Labute approximate surface area is 108 Å². The summed E-state index contributed by atoms with van der Waals surface area (Å²) in [7, 11) is 0. The molecule has 0 aliphatic heterocycles. The van der Waals surface area contributed by atoms with E-state index in [-0.39, 0.29) is 6.54 Å². The van der Waals surface area contributed by atoms with Gasteiger partial charge in [0.05, 0.1) is 0 Å². The van der Waals surface area contributed by atoms with Crippen LogP contribution < -0.4 is 5.73 Å². The van der Waals surface area contributed by atoms with E-state index < -0.39 is 5.60 Å². The molecule has 2 rings (SSSR count). The highest BCUT2D eigenvalue weighted by Crippen LogP contribution is 2.25. The second-order valence-corrected chi connectivity index (χ2v) is 4.77. The molecule has 0 aliphatic rings. The van der Waals surface area contributed by atoms with E-state index in [2.05, 4.69) is 6.07 Å². The van der Waals surface area contributed by atoms with Gasteiger partial charge in [-0.05, 0) is 18.1 Å². The summed E-state index contributed by atoms with van der Waals surface area (Å²) in [5.74, 6) is 0. The first-order valence-corrected chi connectivity index (χ1v) is 6.17. The van der Waals surface area contributed by atoms with Gasteiger partial charge in [-0.25, -0.2) is 0 Å². The number of benzene rings is 2. The Morgan fingerprint density at radius 2 is 1.78 bits per heavy atom. The fourth-order valence-corrected chi connectivity index (χ4v) is 2.20. The van der Waals surface area contributed by atoms with Gasteiger partial charge in [-0.2, -0.15) is 0 Å². The van der Waals surface area contributed by atoms with Crippen molar-refractivity contribution in [1.82, 2.24) is 0 Å². The van der Waals surface area contributed by atoms with Gasteiger partial charge in [-0.3, -0.25) is 0 Å². The Hall–Kier alpha value is -1.64. The molecule has 0 radical (unpaired) electrons. The van der Waals surface area contributed by atoms with Crippen LogP contribution in [0.3, 0.4) is 0 Å². The molecule has 94 valence electrons. The first-order valence-electron chi connectivity index (χ1n) is 6.17. The van der Waals surface area contributed by atoms with Gasteiger partial charge >= 0.3 is 0 Å². The van der Waals surface area contributed by atoms with Crippen molar-refractivity contribution in [3.05, 3.63) is 71.3 Å². The van der Waals surface area contributed by atoms with Crippen LogP contribution in [0.15, 0.2) is 54.6 Å². The van der Waals surface area contributed by atoms with E-state index in [1.54, 1.807) is 0 Å². The molecule has 0 amide bonds. The molecule has 0 aliphatic carbocycles. The van der Waals surface area contributed by atoms with Crippen LogP contribution in [0.1, 0.15) is 16.7 Å². The van der Waals surface area contributed by atoms with Crippen LogP contribution in [-0.4, -0.2) is 11.7 Å². The van der Waals surface area contributed by atoms with E-state index >= 15 is 0 Å². The highest BCUT2D eigenvalue weighted by Gasteiger charge is 2.27. The standard InChI is InChI=1S/C16H19NO/c1-13-6-5-7-14(10-13)11-16(18,12-17)15-8-3-2-4-9-15/h2-10,18H,11-12,17H2,1H3. The topological polar surface area (TPSA) is 46.2 Å². The van der Waals surface area contributed by atoms with Crippen molar-refractivity contribution in [2.45, 2.75) is 18.9 Å². The monoisotopic (exact) mass is 241 g/mol. The number of nitrogens with two attached hydrogens (primary N) is 1. The maximum atomic E-state index is 10.7. The molecular formula is C16H19NO. The maximum Gasteiger partial charge on any atom is 0.106 e. The Balaban J connectivity index is 2.29. The average Bonchev–Trinajstić information content (AvgIpc) is 2.39. The lowest BCUT2D eigenvalue weighted by atomic mass is 9.87. The third kappa shape index (κ3) is 2.78. The summed E-state index contributed by atoms with van der Waals surface area (Å²) in [5.41, 5.74) is 7.95. The Morgan fingerprint density at radius 3 is 2.39 bits per heavy atom. The quantitative estimate of drug-likeness (QED) is 0.863. The van der Waals surface area contributed by atoms with Gasteiger partial charge in [0.1, 0.15) is 5.60 Å². The summed E-state index contributed by atoms with van der Waals surface area (Å²) in [6, 6.07) is 17.8. The van der Waals surface area contributed by atoms with Crippen molar-refractivity contribution < 1.29 is 5.11 Å². The van der Waals surface area contributed by atoms with E-state index in [1.807, 2.05) is 55.5 Å². The number of aryl methyl sites for hydroxylation is 1. The average molecular weight is 241 g/mol. The molecule has 0 spiro atoms. The molecule has 2 aromatic rings. The zero-order chi connectivity index (χ0) is 13.0. The van der Waals surface area contributed by atoms with Crippen molar-refractivity contribution in [2.75, 3.05) is 6.54 Å². The summed E-state index contributed by atoms with van der Waals surface area (Å²) in [4.78, 5) is 0. The summed E-state index contributed by atoms with van der Waals surface area (Å²) >= 11 is 0. The molecule has 3 N–H and O–H groups in total. The van der Waals surface area contributed by atoms with Crippen molar-refractivity contribution in [1.29, 1.82) is 0 Å². The number of hydrogen-bond donors (Lipinski definition) is 2. The lowest BCUT2D eigenvalue weighted by Crippen LogP contribution is -2.37. The van der Waals surface area contributed by atoms with Gasteiger partial charge in [-0.1, -0.05) is 60.2 Å². The lowest BCUT2D eigenvalue weighted by molar-refractivity contribution is 0.0463. The van der Waals surface area contributed by atoms with Gasteiger partial charge in [0, 0.05) is 13.0 Å². The van der Waals surface area contributed by atoms with Crippen LogP contribution >= 0.6 is 0 Å². The third-order valence-electron chi connectivity index (χ3n) is 3.23. The second kappa shape index (κ2) is 5.34. The molecular weight excluding hydrogens is 222 g/mol. The Morgan fingerprint density at radius 1 is 1.06 bits per heavy atom. The zero-order valence-corrected chi connectivity index (χ0v) is 10.6. The zero-order valence-electron chi connectivity index (χ0n) is 10.6. The van der Waals surface area contributed by atoms with Crippen molar-refractivity contribution >= 4 is 0 Å². The molecule has 2 nitrogen and oxygen atoms in total. The summed E-state index contributed by atoms with van der Waals surface area (Å²) < 4.78 is 0. The SMILES string of the molecule is Cc1cccc(CC(O)(CN)c2ccccc2)c1. The van der Waals surface area contributed by atoms with Crippen molar-refractivity contribution in [2.24, 2.45) is 5.73 Å². The summed E-state index contributed by atoms with van der Waals surface area (Å²) in [5, 5.41) is 10.7. The first-order chi connectivity index (χ1) is 8.64. The predicted molar refractivity (Wildman–Crippen MR) is 74.3 cm³/mol. The summed E-state index contributed by atoms with van der Waals surface area (Å²) in [6.07, 6.45) is 0.537. The highest BCUT2D eigenvalue weighted by atomic mass is 16.3. The van der Waals surface area contributed by atoms with E-state index in [0.717, 1.165) is 11.1 Å². The molecule has 2 heteroatoms. The van der Waals surface area contributed by atoms with Gasteiger partial charge in [-0.15, -0.1) is 0 Å². The third-order valence-corrected chi connectivity index (χ3v) is 3.23. The Kier molecular flexibility index (Phi) is 3.80. The minimum absolute atomic E-state index is 0.213. The van der Waals surface area contributed by atoms with Crippen LogP contribution in [0, 0.1) is 6.92 Å². The largest absolute Gasteiger partial charge is 0.383 e. The number of aliphatic hydroxyl groups is 1. The van der Waals surface area contributed by atoms with Crippen LogP contribution in [0.25, 0.3) is 0 Å². The molecule has 0 saturated carbocycles. The van der Waals surface area contributed by atoms with E-state index in [0.29, 0.717) is 6.42 Å². The van der Waals surface area contributed by atoms with Gasteiger partial charge in [0.2, 0.25) is 0 Å². The van der Waals surface area contributed by atoms with Crippen LogP contribution in [-0.2, 0) is 12.0 Å². The molecule has 0 saturated heterocycles. The molecule has 0 bridgehead atoms. The minimum atomic E-state index is -0.991. The van der Waals surface area contributed by atoms with Crippen molar-refractivity contribution in [3.63, 3.8) is 0 Å². The normalized spacial score (nSPS) is 14.2. The molecule has 1 atom stereocenters. The van der Waals surface area contributed by atoms with E-state index in [9.17, 15) is 5.11 Å². The van der Waals surface area contributed by atoms with E-state index in [1.165, 1.54) is 5.56 Å². The molecule has 1 unspecified atom stereocenters. The predicted octanol–water partition coefficient (Wildman–Crippen LogP) is 2.38. The van der Waals surface area contributed by atoms with Crippen LogP contribution in [0.5, 0.6) is 0 Å². The summed E-state index contributed by atoms with van der Waals surface area (Å²) in [6.45, 7) is 2.26. The minimum Gasteiger partial charge on any atom is -0.383 e. The van der Waals surface area contributed by atoms with Crippen LogP contribution in [0.4, 0.5) is 0 Å². The van der Waals surface area contributed by atoms with Gasteiger partial charge in [0.15, 0.2) is 0 Å². The van der Waals surface area contributed by atoms with Crippen molar-refractivity contribution in [3.8, 4) is 0 Å².